The molecule has 0 bridgehead atoms. The third kappa shape index (κ3) is 2.88. The molecule has 7 heteroatoms. The largest absolute Gasteiger partial charge is 0.490 e. The number of nitrogens with zero attached hydrogens (tertiary/aromatic N) is 2. The van der Waals surface area contributed by atoms with Crippen molar-refractivity contribution in [3.8, 4) is 11.5 Å². The van der Waals surface area contributed by atoms with Gasteiger partial charge in [0.2, 0.25) is 0 Å². The van der Waals surface area contributed by atoms with Gasteiger partial charge < -0.3 is 14.8 Å². The van der Waals surface area contributed by atoms with Crippen LogP contribution < -0.4 is 14.8 Å². The summed E-state index contributed by atoms with van der Waals surface area (Å²) in [4.78, 5) is 12.2. The first-order chi connectivity index (χ1) is 10.6. The molecule has 1 aromatic carbocycles. The van der Waals surface area contributed by atoms with Gasteiger partial charge in [0.15, 0.2) is 17.2 Å². The first-order valence-corrected chi connectivity index (χ1v) is 7.23. The highest BCUT2D eigenvalue weighted by Gasteiger charge is 2.18. The predicted octanol–water partition coefficient (Wildman–Crippen LogP) is 1.77. The topological polar surface area (TPSA) is 89.1 Å². The molecular weight excluding hydrogens is 284 g/mol. The van der Waals surface area contributed by atoms with Gasteiger partial charge in [-0.3, -0.25) is 4.79 Å². The van der Waals surface area contributed by atoms with Crippen LogP contribution >= 0.6 is 0 Å². The molecule has 1 aliphatic heterocycles. The van der Waals surface area contributed by atoms with Crippen LogP contribution in [0.2, 0.25) is 0 Å². The fraction of sp³-hybridized carbons (Fsp3) is 0.400. The highest BCUT2D eigenvalue weighted by molar-refractivity contribution is 5.93. The summed E-state index contributed by atoms with van der Waals surface area (Å²) in [5, 5.41) is 13.1. The zero-order valence-electron chi connectivity index (χ0n) is 12.5. The Kier molecular flexibility index (Phi) is 3.95. The van der Waals surface area contributed by atoms with E-state index in [9.17, 15) is 4.79 Å². The van der Waals surface area contributed by atoms with Crippen LogP contribution in [0.1, 0.15) is 41.1 Å². The summed E-state index contributed by atoms with van der Waals surface area (Å²) in [5.74, 6) is 1.20. The molecule has 1 aliphatic rings. The SMILES string of the molecule is Cc1n[nH]nc1C(=O)N[C@H](C)c1ccc2c(c1)OCCCO2. The van der Waals surface area contributed by atoms with E-state index < -0.39 is 0 Å². The summed E-state index contributed by atoms with van der Waals surface area (Å²) in [5.41, 5.74) is 1.82. The van der Waals surface area contributed by atoms with Crippen LogP contribution in [-0.2, 0) is 0 Å². The number of hydrogen-bond acceptors (Lipinski definition) is 5. The molecule has 1 aromatic heterocycles. The molecule has 0 saturated heterocycles. The number of fused-ring (bicyclic) bond motifs is 1. The van der Waals surface area contributed by atoms with Crippen LogP contribution in [0.15, 0.2) is 18.2 Å². The second kappa shape index (κ2) is 6.05. The first-order valence-electron chi connectivity index (χ1n) is 7.23. The van der Waals surface area contributed by atoms with Crippen molar-refractivity contribution < 1.29 is 14.3 Å². The Bertz CT molecular complexity index is 683. The summed E-state index contributed by atoms with van der Waals surface area (Å²) in [6.45, 7) is 4.93. The maximum absolute atomic E-state index is 12.2. The molecule has 22 heavy (non-hydrogen) atoms. The zero-order valence-corrected chi connectivity index (χ0v) is 12.5. The molecule has 116 valence electrons. The van der Waals surface area contributed by atoms with Gasteiger partial charge >= 0.3 is 0 Å². The number of aryl methyl sites for hydroxylation is 1. The highest BCUT2D eigenvalue weighted by Crippen LogP contribution is 2.32. The molecule has 2 aromatic rings. The zero-order chi connectivity index (χ0) is 15.5. The van der Waals surface area contributed by atoms with Crippen LogP contribution in [-0.4, -0.2) is 34.5 Å². The summed E-state index contributed by atoms with van der Waals surface area (Å²) < 4.78 is 11.3. The van der Waals surface area contributed by atoms with Crippen molar-refractivity contribution in [1.29, 1.82) is 0 Å². The molecule has 2 N–H and O–H groups in total. The molecule has 3 rings (SSSR count). The number of H-pyrrole nitrogens is 1. The van der Waals surface area contributed by atoms with E-state index in [1.165, 1.54) is 0 Å². The van der Waals surface area contributed by atoms with Gasteiger partial charge in [0.05, 0.1) is 24.9 Å². The Morgan fingerprint density at radius 3 is 2.77 bits per heavy atom. The molecule has 1 amide bonds. The van der Waals surface area contributed by atoms with E-state index in [4.69, 9.17) is 9.47 Å². The summed E-state index contributed by atoms with van der Waals surface area (Å²) in [6, 6.07) is 5.52. The molecule has 7 nitrogen and oxygen atoms in total. The summed E-state index contributed by atoms with van der Waals surface area (Å²) >= 11 is 0. The van der Waals surface area contributed by atoms with E-state index >= 15 is 0 Å². The number of amides is 1. The molecule has 0 fully saturated rings. The third-order valence-corrected chi connectivity index (χ3v) is 3.56. The van der Waals surface area contributed by atoms with Crippen molar-refractivity contribution >= 4 is 5.91 Å². The molecule has 0 spiro atoms. The van der Waals surface area contributed by atoms with Gasteiger partial charge in [0, 0.05) is 6.42 Å². The monoisotopic (exact) mass is 302 g/mol. The Hall–Kier alpha value is -2.57. The molecule has 1 atom stereocenters. The average molecular weight is 302 g/mol. The minimum absolute atomic E-state index is 0.180. The molecule has 2 heterocycles. The Labute approximate surface area is 128 Å². The number of hydrogen-bond donors (Lipinski definition) is 2. The first kappa shape index (κ1) is 14.4. The number of ether oxygens (including phenoxy) is 2. The van der Waals surface area contributed by atoms with E-state index in [1.54, 1.807) is 6.92 Å². The molecule has 0 radical (unpaired) electrons. The van der Waals surface area contributed by atoms with Gasteiger partial charge in [-0.05, 0) is 31.5 Å². The normalized spacial score (nSPS) is 15.0. The molecular formula is C15H18N4O3. The van der Waals surface area contributed by atoms with Crippen molar-refractivity contribution in [3.63, 3.8) is 0 Å². The van der Waals surface area contributed by atoms with E-state index in [2.05, 4.69) is 20.7 Å². The van der Waals surface area contributed by atoms with Gasteiger partial charge in [-0.15, -0.1) is 0 Å². The lowest BCUT2D eigenvalue weighted by molar-refractivity contribution is 0.0934. The van der Waals surface area contributed by atoms with Gasteiger partial charge in [0.25, 0.3) is 5.91 Å². The third-order valence-electron chi connectivity index (χ3n) is 3.56. The second-order valence-corrected chi connectivity index (χ2v) is 5.21. The number of carbonyl (C=O) groups is 1. The van der Waals surface area contributed by atoms with Crippen molar-refractivity contribution in [1.82, 2.24) is 20.7 Å². The standard InChI is InChI=1S/C15H18N4O3/c1-9(16-15(20)14-10(2)17-19-18-14)11-4-5-12-13(8-11)22-7-3-6-21-12/h4-5,8-9H,3,6-7H2,1-2H3,(H,16,20)(H,17,18,19)/t9-/m1/s1. The maximum atomic E-state index is 12.2. The number of benzene rings is 1. The minimum Gasteiger partial charge on any atom is -0.490 e. The number of rotatable bonds is 3. The van der Waals surface area contributed by atoms with Crippen molar-refractivity contribution in [2.75, 3.05) is 13.2 Å². The number of carbonyl (C=O) groups excluding carboxylic acids is 1. The predicted molar refractivity (Wildman–Crippen MR) is 79.0 cm³/mol. The summed E-state index contributed by atoms with van der Waals surface area (Å²) in [6.07, 6.45) is 0.863. The van der Waals surface area contributed by atoms with Crippen LogP contribution in [0.25, 0.3) is 0 Å². The number of aromatic amines is 1. The lowest BCUT2D eigenvalue weighted by Gasteiger charge is -2.16. The van der Waals surface area contributed by atoms with E-state index in [-0.39, 0.29) is 11.9 Å². The van der Waals surface area contributed by atoms with Crippen molar-refractivity contribution in [3.05, 3.63) is 35.2 Å². The minimum atomic E-state index is -0.258. The fourth-order valence-corrected chi connectivity index (χ4v) is 2.30. The smallest absolute Gasteiger partial charge is 0.274 e. The lowest BCUT2D eigenvalue weighted by atomic mass is 10.1. The number of aromatic nitrogens is 3. The van der Waals surface area contributed by atoms with E-state index in [1.807, 2.05) is 25.1 Å². The van der Waals surface area contributed by atoms with Crippen LogP contribution in [0.3, 0.4) is 0 Å². The van der Waals surface area contributed by atoms with Gasteiger partial charge in [-0.25, -0.2) is 0 Å². The molecule has 0 unspecified atom stereocenters. The fourth-order valence-electron chi connectivity index (χ4n) is 2.30. The quantitative estimate of drug-likeness (QED) is 0.902. The van der Waals surface area contributed by atoms with E-state index in [0.29, 0.717) is 30.4 Å². The Morgan fingerprint density at radius 2 is 2.05 bits per heavy atom. The Morgan fingerprint density at radius 1 is 1.27 bits per heavy atom. The average Bonchev–Trinajstić information content (AvgIpc) is 2.80. The van der Waals surface area contributed by atoms with Crippen LogP contribution in [0.4, 0.5) is 0 Å². The maximum Gasteiger partial charge on any atom is 0.274 e. The van der Waals surface area contributed by atoms with Crippen molar-refractivity contribution in [2.24, 2.45) is 0 Å². The molecule has 0 saturated carbocycles. The van der Waals surface area contributed by atoms with Crippen LogP contribution in [0, 0.1) is 6.92 Å². The second-order valence-electron chi connectivity index (χ2n) is 5.21. The van der Waals surface area contributed by atoms with Gasteiger partial charge in [-0.2, -0.15) is 15.4 Å². The number of nitrogens with one attached hydrogen (secondary N) is 2. The van der Waals surface area contributed by atoms with E-state index in [0.717, 1.165) is 17.7 Å². The molecule has 0 aliphatic carbocycles. The highest BCUT2D eigenvalue weighted by atomic mass is 16.5. The Balaban J connectivity index is 1.75. The van der Waals surface area contributed by atoms with Gasteiger partial charge in [-0.1, -0.05) is 6.07 Å². The van der Waals surface area contributed by atoms with Crippen LogP contribution in [0.5, 0.6) is 11.5 Å². The lowest BCUT2D eigenvalue weighted by Crippen LogP contribution is -2.27. The van der Waals surface area contributed by atoms with Gasteiger partial charge in [0.1, 0.15) is 0 Å². The summed E-state index contributed by atoms with van der Waals surface area (Å²) in [7, 11) is 0. The van der Waals surface area contributed by atoms with Crippen molar-refractivity contribution in [2.45, 2.75) is 26.3 Å².